The molecule has 3 aromatic rings. The van der Waals surface area contributed by atoms with Crippen LogP contribution >= 0.6 is 0 Å². The summed E-state index contributed by atoms with van der Waals surface area (Å²) < 4.78 is 2.03. The molecule has 0 atom stereocenters. The molecule has 1 amide bonds. The molecule has 0 unspecified atom stereocenters. The van der Waals surface area contributed by atoms with Gasteiger partial charge in [-0.25, -0.2) is 4.98 Å². The van der Waals surface area contributed by atoms with Crippen LogP contribution in [0.5, 0.6) is 0 Å². The molecular formula is C26H33N7O2. The van der Waals surface area contributed by atoms with Crippen molar-refractivity contribution in [3.8, 4) is 0 Å². The van der Waals surface area contributed by atoms with E-state index in [0.29, 0.717) is 17.0 Å². The lowest BCUT2D eigenvalue weighted by Crippen LogP contribution is -2.44. The summed E-state index contributed by atoms with van der Waals surface area (Å²) in [6.07, 6.45) is 8.71. The first-order valence-electron chi connectivity index (χ1n) is 12.5. The lowest BCUT2D eigenvalue weighted by atomic mass is 9.95. The van der Waals surface area contributed by atoms with Crippen molar-refractivity contribution in [3.63, 3.8) is 0 Å². The summed E-state index contributed by atoms with van der Waals surface area (Å²) in [5, 5.41) is 6.36. The van der Waals surface area contributed by atoms with E-state index >= 15 is 0 Å². The SMILES string of the molecule is CNC(=O)c1cn(C2CCCCC2)c2nc(Nc3ccccc3N3CCN(C)CC3)ncc2c1=O. The fourth-order valence-corrected chi connectivity index (χ4v) is 5.15. The van der Waals surface area contributed by atoms with Crippen molar-refractivity contribution in [3.05, 3.63) is 52.4 Å². The number of hydrogen-bond acceptors (Lipinski definition) is 7. The maximum atomic E-state index is 13.1. The smallest absolute Gasteiger partial charge is 0.256 e. The van der Waals surface area contributed by atoms with Gasteiger partial charge >= 0.3 is 0 Å². The summed E-state index contributed by atoms with van der Waals surface area (Å²) in [7, 11) is 3.68. The Hall–Kier alpha value is -3.46. The van der Waals surface area contributed by atoms with E-state index in [1.54, 1.807) is 12.4 Å². The van der Waals surface area contributed by atoms with Gasteiger partial charge in [0.05, 0.1) is 16.8 Å². The summed E-state index contributed by atoms with van der Waals surface area (Å²) in [4.78, 5) is 39.6. The molecule has 0 radical (unpaired) electrons. The number of hydrogen-bond donors (Lipinski definition) is 2. The van der Waals surface area contributed by atoms with Gasteiger partial charge in [-0.1, -0.05) is 31.4 Å². The number of para-hydroxylation sites is 2. The van der Waals surface area contributed by atoms with Gasteiger partial charge in [-0.05, 0) is 32.0 Å². The highest BCUT2D eigenvalue weighted by molar-refractivity contribution is 5.96. The number of likely N-dealkylation sites (N-methyl/N-ethyl adjacent to an activating group) is 1. The van der Waals surface area contributed by atoms with Crippen LogP contribution in [0.2, 0.25) is 0 Å². The quantitative estimate of drug-likeness (QED) is 0.585. The van der Waals surface area contributed by atoms with E-state index in [9.17, 15) is 9.59 Å². The molecule has 9 heteroatoms. The molecule has 1 saturated carbocycles. The second kappa shape index (κ2) is 10.0. The van der Waals surface area contributed by atoms with Gasteiger partial charge in [0.2, 0.25) is 11.4 Å². The lowest BCUT2D eigenvalue weighted by molar-refractivity contribution is 0.0961. The Balaban J connectivity index is 1.55. The zero-order chi connectivity index (χ0) is 24.4. The first kappa shape index (κ1) is 23.3. The Bertz CT molecular complexity index is 1270. The molecule has 184 valence electrons. The van der Waals surface area contributed by atoms with Crippen molar-refractivity contribution >= 4 is 34.3 Å². The minimum Gasteiger partial charge on any atom is -0.367 e. The predicted molar refractivity (Wildman–Crippen MR) is 139 cm³/mol. The first-order chi connectivity index (χ1) is 17.0. The Morgan fingerprint density at radius 2 is 1.80 bits per heavy atom. The molecule has 0 bridgehead atoms. The van der Waals surface area contributed by atoms with Crippen LogP contribution in [0.1, 0.15) is 48.5 Å². The number of anilines is 3. The number of amides is 1. The van der Waals surface area contributed by atoms with Gasteiger partial charge in [0.25, 0.3) is 5.91 Å². The van der Waals surface area contributed by atoms with Crippen molar-refractivity contribution in [1.29, 1.82) is 0 Å². The third-order valence-electron chi connectivity index (χ3n) is 7.20. The number of fused-ring (bicyclic) bond motifs is 1. The van der Waals surface area contributed by atoms with E-state index in [4.69, 9.17) is 4.98 Å². The van der Waals surface area contributed by atoms with Crippen molar-refractivity contribution < 1.29 is 4.79 Å². The minimum atomic E-state index is -0.384. The van der Waals surface area contributed by atoms with Crippen LogP contribution < -0.4 is 21.0 Å². The van der Waals surface area contributed by atoms with Crippen LogP contribution in [-0.4, -0.2) is 65.6 Å². The predicted octanol–water partition coefficient (Wildman–Crippen LogP) is 3.15. The number of carbonyl (C=O) groups excluding carboxylic acids is 1. The van der Waals surface area contributed by atoms with Crippen molar-refractivity contribution in [1.82, 2.24) is 24.8 Å². The molecule has 35 heavy (non-hydrogen) atoms. The summed E-state index contributed by atoms with van der Waals surface area (Å²) in [6, 6.07) is 8.39. The van der Waals surface area contributed by atoms with Gasteiger partial charge in [0.15, 0.2) is 0 Å². The van der Waals surface area contributed by atoms with Gasteiger partial charge in [-0.2, -0.15) is 4.98 Å². The average Bonchev–Trinajstić information content (AvgIpc) is 2.90. The average molecular weight is 476 g/mol. The van der Waals surface area contributed by atoms with E-state index in [2.05, 4.69) is 38.5 Å². The molecule has 1 saturated heterocycles. The second-order valence-corrected chi connectivity index (χ2v) is 9.51. The van der Waals surface area contributed by atoms with Crippen molar-refractivity contribution in [2.24, 2.45) is 0 Å². The molecule has 3 heterocycles. The number of piperazine rings is 1. The van der Waals surface area contributed by atoms with E-state index in [-0.39, 0.29) is 22.9 Å². The number of rotatable bonds is 5. The standard InChI is InChI=1S/C26H33N7O2/c1-27-25(35)20-17-33(18-8-4-3-5-9-18)24-19(23(20)34)16-28-26(30-24)29-21-10-6-7-11-22(21)32-14-12-31(2)13-15-32/h6-7,10-11,16-18H,3-5,8-9,12-15H2,1-2H3,(H,27,35)(H,28,29,30). The zero-order valence-electron chi connectivity index (χ0n) is 20.5. The van der Waals surface area contributed by atoms with Crippen molar-refractivity contribution in [2.75, 3.05) is 50.5 Å². The van der Waals surface area contributed by atoms with E-state index in [1.807, 2.05) is 22.8 Å². The highest BCUT2D eigenvalue weighted by atomic mass is 16.2. The zero-order valence-corrected chi connectivity index (χ0v) is 20.5. The van der Waals surface area contributed by atoms with E-state index in [1.165, 1.54) is 13.5 Å². The Kier molecular flexibility index (Phi) is 6.68. The van der Waals surface area contributed by atoms with Crippen LogP contribution in [0.15, 0.2) is 41.5 Å². The summed E-state index contributed by atoms with van der Waals surface area (Å²) in [6.45, 7) is 3.94. The van der Waals surface area contributed by atoms with Crippen LogP contribution in [-0.2, 0) is 0 Å². The first-order valence-corrected chi connectivity index (χ1v) is 12.5. The van der Waals surface area contributed by atoms with Gasteiger partial charge < -0.3 is 25.0 Å². The van der Waals surface area contributed by atoms with Crippen LogP contribution in [0.25, 0.3) is 11.0 Å². The second-order valence-electron chi connectivity index (χ2n) is 9.51. The fraction of sp³-hybridized carbons (Fsp3) is 0.462. The Morgan fingerprint density at radius 3 is 2.54 bits per heavy atom. The molecule has 5 rings (SSSR count). The Morgan fingerprint density at radius 1 is 1.06 bits per heavy atom. The minimum absolute atomic E-state index is 0.135. The molecular weight excluding hydrogens is 442 g/mol. The normalized spacial score (nSPS) is 17.5. The van der Waals surface area contributed by atoms with Gasteiger partial charge in [-0.3, -0.25) is 9.59 Å². The van der Waals surface area contributed by atoms with Gasteiger partial charge in [0, 0.05) is 51.7 Å². The molecule has 2 fully saturated rings. The molecule has 9 nitrogen and oxygen atoms in total. The van der Waals surface area contributed by atoms with Gasteiger partial charge in [-0.15, -0.1) is 0 Å². The molecule has 2 aromatic heterocycles. The molecule has 1 aliphatic carbocycles. The molecule has 2 aliphatic rings. The molecule has 2 N–H and O–H groups in total. The van der Waals surface area contributed by atoms with E-state index in [0.717, 1.165) is 63.2 Å². The third-order valence-corrected chi connectivity index (χ3v) is 7.20. The maximum absolute atomic E-state index is 13.1. The molecule has 1 aliphatic heterocycles. The largest absolute Gasteiger partial charge is 0.367 e. The fourth-order valence-electron chi connectivity index (χ4n) is 5.15. The number of carbonyl (C=O) groups is 1. The topological polar surface area (TPSA) is 95.4 Å². The van der Waals surface area contributed by atoms with Crippen molar-refractivity contribution in [2.45, 2.75) is 38.1 Å². The Labute approximate surface area is 205 Å². The summed E-state index contributed by atoms with van der Waals surface area (Å²) in [5.41, 5.74) is 2.42. The maximum Gasteiger partial charge on any atom is 0.256 e. The van der Waals surface area contributed by atoms with Crippen LogP contribution in [0.4, 0.5) is 17.3 Å². The molecule has 0 spiro atoms. The van der Waals surface area contributed by atoms with E-state index < -0.39 is 0 Å². The number of nitrogens with zero attached hydrogens (tertiary/aromatic N) is 5. The van der Waals surface area contributed by atoms with Gasteiger partial charge in [0.1, 0.15) is 11.2 Å². The summed E-state index contributed by atoms with van der Waals surface area (Å²) in [5.74, 6) is 0.0560. The van der Waals surface area contributed by atoms with Crippen LogP contribution in [0, 0.1) is 0 Å². The number of pyridine rings is 1. The third kappa shape index (κ3) is 4.73. The number of benzene rings is 1. The number of aromatic nitrogens is 3. The highest BCUT2D eigenvalue weighted by Crippen LogP contribution is 2.31. The molecule has 1 aromatic carbocycles. The lowest BCUT2D eigenvalue weighted by Gasteiger charge is -2.35. The summed E-state index contributed by atoms with van der Waals surface area (Å²) >= 11 is 0. The number of nitrogens with one attached hydrogen (secondary N) is 2. The highest BCUT2D eigenvalue weighted by Gasteiger charge is 2.23. The van der Waals surface area contributed by atoms with Crippen LogP contribution in [0.3, 0.4) is 0 Å². The monoisotopic (exact) mass is 475 g/mol.